The van der Waals surface area contributed by atoms with Crippen molar-refractivity contribution in [1.29, 1.82) is 0 Å². The first kappa shape index (κ1) is 18.5. The van der Waals surface area contributed by atoms with Gasteiger partial charge >= 0.3 is 5.97 Å². The Hall–Kier alpha value is -1.81. The molecule has 0 aliphatic carbocycles. The minimum atomic E-state index is -3.83. The van der Waals surface area contributed by atoms with Crippen molar-refractivity contribution < 1.29 is 18.3 Å². The third-order valence-corrected chi connectivity index (χ3v) is 8.31. The minimum Gasteiger partial charge on any atom is -0.478 e. The van der Waals surface area contributed by atoms with Crippen molar-refractivity contribution in [3.05, 3.63) is 57.5 Å². The Labute approximate surface area is 168 Å². The number of hydrogen-bond acceptors (Lipinski definition) is 5. The fraction of sp³-hybridized carbons (Fsp3) is 0.222. The molecule has 1 atom stereocenters. The van der Waals surface area contributed by atoms with Crippen molar-refractivity contribution in [2.24, 2.45) is 0 Å². The van der Waals surface area contributed by atoms with Crippen LogP contribution in [0.2, 0.25) is 0 Å². The maximum atomic E-state index is 13.2. The summed E-state index contributed by atoms with van der Waals surface area (Å²) in [6, 6.07) is 11.5. The zero-order valence-electron chi connectivity index (χ0n) is 14.0. The molecule has 4 rings (SSSR count). The molecule has 1 saturated heterocycles. The second-order valence-electron chi connectivity index (χ2n) is 6.24. The van der Waals surface area contributed by atoms with Gasteiger partial charge in [0.25, 0.3) is 0 Å². The highest BCUT2D eigenvalue weighted by atomic mass is 79.9. The maximum Gasteiger partial charge on any atom is 0.336 e. The molecule has 0 bridgehead atoms. The van der Waals surface area contributed by atoms with E-state index in [1.54, 1.807) is 0 Å². The molecule has 1 aliphatic heterocycles. The molecule has 1 aliphatic rings. The number of fused-ring (bicyclic) bond motifs is 1. The van der Waals surface area contributed by atoms with Gasteiger partial charge in [0.15, 0.2) is 0 Å². The van der Waals surface area contributed by atoms with Crippen LogP contribution in [0.5, 0.6) is 0 Å². The van der Waals surface area contributed by atoms with Crippen LogP contribution >= 0.6 is 27.3 Å². The second kappa shape index (κ2) is 6.97. The summed E-state index contributed by atoms with van der Waals surface area (Å²) >= 11 is 4.65. The van der Waals surface area contributed by atoms with E-state index in [0.717, 1.165) is 21.6 Å². The van der Waals surface area contributed by atoms with Crippen LogP contribution in [-0.4, -0.2) is 35.3 Å². The number of carboxylic acids is 1. The fourth-order valence-electron chi connectivity index (χ4n) is 3.27. The van der Waals surface area contributed by atoms with Crippen molar-refractivity contribution in [3.8, 4) is 0 Å². The molecule has 3 aromatic rings. The average molecular weight is 467 g/mol. The Morgan fingerprint density at radius 2 is 2.04 bits per heavy atom. The molecule has 1 fully saturated rings. The number of carbonyl (C=O) groups is 1. The van der Waals surface area contributed by atoms with Crippen molar-refractivity contribution in [2.75, 3.05) is 6.54 Å². The second-order valence-corrected chi connectivity index (χ2v) is 10.0. The Morgan fingerprint density at radius 1 is 1.26 bits per heavy atom. The number of halogens is 1. The summed E-state index contributed by atoms with van der Waals surface area (Å²) in [5.74, 6) is -1.18. The maximum absolute atomic E-state index is 13.2. The van der Waals surface area contributed by atoms with Crippen molar-refractivity contribution in [2.45, 2.75) is 23.8 Å². The Morgan fingerprint density at radius 3 is 2.78 bits per heavy atom. The van der Waals surface area contributed by atoms with Crippen LogP contribution in [0, 0.1) is 0 Å². The summed E-state index contributed by atoms with van der Waals surface area (Å²) in [7, 11) is -3.83. The van der Waals surface area contributed by atoms with Crippen molar-refractivity contribution >= 4 is 53.5 Å². The molecule has 0 radical (unpaired) electrons. The summed E-state index contributed by atoms with van der Waals surface area (Å²) in [5.41, 5.74) is 0.783. The van der Waals surface area contributed by atoms with Gasteiger partial charge in [-0.2, -0.15) is 4.31 Å². The van der Waals surface area contributed by atoms with Gasteiger partial charge in [-0.3, -0.25) is 0 Å². The quantitative estimate of drug-likeness (QED) is 0.619. The smallest absolute Gasteiger partial charge is 0.336 e. The number of rotatable bonds is 4. The number of thiazole rings is 1. The molecule has 6 nitrogen and oxygen atoms in total. The largest absolute Gasteiger partial charge is 0.478 e. The van der Waals surface area contributed by atoms with Gasteiger partial charge < -0.3 is 5.11 Å². The molecule has 9 heteroatoms. The molecule has 2 aromatic carbocycles. The molecule has 2 heterocycles. The van der Waals surface area contributed by atoms with Crippen LogP contribution in [0.4, 0.5) is 0 Å². The molecular formula is C18H15BrN2O4S2. The third kappa shape index (κ3) is 3.29. The van der Waals surface area contributed by atoms with E-state index in [9.17, 15) is 18.3 Å². The van der Waals surface area contributed by atoms with E-state index in [0.29, 0.717) is 17.4 Å². The van der Waals surface area contributed by atoms with E-state index in [2.05, 4.69) is 20.9 Å². The molecular weight excluding hydrogens is 452 g/mol. The lowest BCUT2D eigenvalue weighted by atomic mass is 10.2. The van der Waals surface area contributed by atoms with E-state index >= 15 is 0 Å². The molecule has 0 amide bonds. The summed E-state index contributed by atoms with van der Waals surface area (Å²) < 4.78 is 29.2. The SMILES string of the molecule is O=C(O)c1cc(S(=O)(=O)N2CCCC2c2nc3ccccc3s2)ccc1Br. The van der Waals surface area contributed by atoms with Gasteiger partial charge in [-0.1, -0.05) is 12.1 Å². The predicted octanol–water partition coefficient (Wildman–Crippen LogP) is 4.28. The Bertz CT molecular complexity index is 1110. The van der Waals surface area contributed by atoms with Crippen LogP contribution in [0.1, 0.15) is 34.2 Å². The summed E-state index contributed by atoms with van der Waals surface area (Å²) in [6.45, 7) is 0.390. The number of aromatic nitrogens is 1. The van der Waals surface area contributed by atoms with Gasteiger partial charge in [0, 0.05) is 11.0 Å². The molecule has 1 N–H and O–H groups in total. The molecule has 27 heavy (non-hydrogen) atoms. The number of sulfonamides is 1. The third-order valence-electron chi connectivity index (χ3n) is 4.57. The van der Waals surface area contributed by atoms with Crippen molar-refractivity contribution in [1.82, 2.24) is 9.29 Å². The molecule has 140 valence electrons. The van der Waals surface area contributed by atoms with E-state index in [1.165, 1.54) is 33.8 Å². The van der Waals surface area contributed by atoms with Gasteiger partial charge in [-0.25, -0.2) is 18.2 Å². The first-order chi connectivity index (χ1) is 12.9. The number of carboxylic acid groups (broad SMARTS) is 1. The average Bonchev–Trinajstić information content (AvgIpc) is 3.28. The minimum absolute atomic E-state index is 0.0175. The Kier molecular flexibility index (Phi) is 4.79. The van der Waals surface area contributed by atoms with Gasteiger partial charge in [0.1, 0.15) is 5.01 Å². The summed E-state index contributed by atoms with van der Waals surface area (Å²) in [4.78, 5) is 16.0. The van der Waals surface area contributed by atoms with Gasteiger partial charge in [0.05, 0.1) is 26.7 Å². The van der Waals surface area contributed by atoms with E-state index in [4.69, 9.17) is 0 Å². The van der Waals surface area contributed by atoms with Crippen LogP contribution in [0.25, 0.3) is 10.2 Å². The van der Waals surface area contributed by atoms with Crippen LogP contribution < -0.4 is 0 Å². The lowest BCUT2D eigenvalue weighted by Crippen LogP contribution is -2.30. The highest BCUT2D eigenvalue weighted by Gasteiger charge is 2.38. The van der Waals surface area contributed by atoms with Crippen molar-refractivity contribution in [3.63, 3.8) is 0 Å². The van der Waals surface area contributed by atoms with E-state index in [1.807, 2.05) is 24.3 Å². The number of benzene rings is 2. The Balaban J connectivity index is 1.74. The topological polar surface area (TPSA) is 87.6 Å². The molecule has 1 aromatic heterocycles. The summed E-state index contributed by atoms with van der Waals surface area (Å²) in [6.07, 6.45) is 1.43. The summed E-state index contributed by atoms with van der Waals surface area (Å²) in [5, 5.41) is 10.1. The lowest BCUT2D eigenvalue weighted by molar-refractivity contribution is 0.0695. The van der Waals surface area contributed by atoms with Crippen LogP contribution in [0.3, 0.4) is 0 Å². The fourth-order valence-corrected chi connectivity index (χ4v) is 6.56. The first-order valence-electron chi connectivity index (χ1n) is 8.28. The predicted molar refractivity (Wildman–Crippen MR) is 107 cm³/mol. The van der Waals surface area contributed by atoms with E-state index in [-0.39, 0.29) is 16.5 Å². The van der Waals surface area contributed by atoms with E-state index < -0.39 is 16.0 Å². The number of nitrogens with zero attached hydrogens (tertiary/aromatic N) is 2. The lowest BCUT2D eigenvalue weighted by Gasteiger charge is -2.22. The zero-order chi connectivity index (χ0) is 19.2. The monoisotopic (exact) mass is 466 g/mol. The molecule has 0 saturated carbocycles. The number of aromatic carboxylic acids is 1. The molecule has 1 unspecified atom stereocenters. The van der Waals surface area contributed by atoms with Gasteiger partial charge in [0.2, 0.25) is 10.0 Å². The number of para-hydroxylation sites is 1. The number of hydrogen-bond donors (Lipinski definition) is 1. The normalized spacial score (nSPS) is 18.2. The highest BCUT2D eigenvalue weighted by Crippen LogP contribution is 2.40. The molecule has 0 spiro atoms. The standard InChI is InChI=1S/C18H15BrN2O4S2/c19-13-8-7-11(10-12(13)18(22)23)27(24,25)21-9-3-5-15(21)17-20-14-4-1-2-6-16(14)26-17/h1-2,4,6-8,10,15H,3,5,9H2,(H,22,23). The zero-order valence-corrected chi connectivity index (χ0v) is 17.2. The van der Waals surface area contributed by atoms with Gasteiger partial charge in [-0.15, -0.1) is 11.3 Å². The van der Waals surface area contributed by atoms with Crippen LogP contribution in [-0.2, 0) is 10.0 Å². The highest BCUT2D eigenvalue weighted by molar-refractivity contribution is 9.10. The van der Waals surface area contributed by atoms with Gasteiger partial charge in [-0.05, 0) is 59.1 Å². The van der Waals surface area contributed by atoms with Crippen LogP contribution in [0.15, 0.2) is 51.8 Å². The first-order valence-corrected chi connectivity index (χ1v) is 11.3.